The van der Waals surface area contributed by atoms with Gasteiger partial charge in [-0.05, 0) is 36.8 Å². The molecule has 0 saturated carbocycles. The van der Waals surface area contributed by atoms with Crippen molar-refractivity contribution >= 4 is 29.4 Å². The Morgan fingerprint density at radius 3 is 2.82 bits per heavy atom. The Morgan fingerprint density at radius 2 is 2.12 bits per heavy atom. The molecule has 3 nitrogen and oxygen atoms in total. The molecule has 17 heavy (non-hydrogen) atoms. The summed E-state index contributed by atoms with van der Waals surface area (Å²) in [6, 6.07) is 11.0. The summed E-state index contributed by atoms with van der Waals surface area (Å²) in [6.07, 6.45) is 0.745. The second-order valence-electron chi connectivity index (χ2n) is 3.72. The molecular formula is C13H11ClN2O. The molecule has 0 aliphatic heterocycles. The van der Waals surface area contributed by atoms with E-state index in [-0.39, 0.29) is 0 Å². The van der Waals surface area contributed by atoms with Crippen LogP contribution in [0, 0.1) is 6.92 Å². The molecule has 2 aromatic rings. The molecular weight excluding hydrogens is 236 g/mol. The fourth-order valence-electron chi connectivity index (χ4n) is 1.52. The van der Waals surface area contributed by atoms with Gasteiger partial charge in [-0.15, -0.1) is 0 Å². The summed E-state index contributed by atoms with van der Waals surface area (Å²) in [5, 5.41) is 3.40. The van der Waals surface area contributed by atoms with E-state index >= 15 is 0 Å². The summed E-state index contributed by atoms with van der Waals surface area (Å²) in [6.45, 7) is 2.01. The summed E-state index contributed by atoms with van der Waals surface area (Å²) in [4.78, 5) is 14.8. The lowest BCUT2D eigenvalue weighted by atomic mass is 10.2. The minimum Gasteiger partial charge on any atom is -0.340 e. The van der Waals surface area contributed by atoms with E-state index in [0.29, 0.717) is 16.5 Å². The number of aromatic nitrogens is 1. The quantitative estimate of drug-likeness (QED) is 0.665. The maximum Gasteiger partial charge on any atom is 0.150 e. The first kappa shape index (κ1) is 11.6. The summed E-state index contributed by atoms with van der Waals surface area (Å²) in [5.41, 5.74) is 2.56. The number of anilines is 2. The Bertz CT molecular complexity index is 555. The van der Waals surface area contributed by atoms with E-state index in [4.69, 9.17) is 11.6 Å². The summed E-state index contributed by atoms with van der Waals surface area (Å²) in [7, 11) is 0. The summed E-state index contributed by atoms with van der Waals surface area (Å²) in [5.74, 6) is 0.560. The number of hydrogen-bond donors (Lipinski definition) is 1. The van der Waals surface area contributed by atoms with Crippen LogP contribution in [0.15, 0.2) is 36.4 Å². The number of hydrogen-bond acceptors (Lipinski definition) is 3. The van der Waals surface area contributed by atoms with Gasteiger partial charge in [0.25, 0.3) is 0 Å². The Hall–Kier alpha value is -1.87. The minimum atomic E-state index is 0.296. The van der Waals surface area contributed by atoms with Gasteiger partial charge in [0.15, 0.2) is 0 Å². The number of benzene rings is 1. The molecule has 0 fully saturated rings. The summed E-state index contributed by atoms with van der Waals surface area (Å²) < 4.78 is 0. The minimum absolute atomic E-state index is 0.296. The van der Waals surface area contributed by atoms with Crippen LogP contribution in [0.5, 0.6) is 0 Å². The zero-order valence-electron chi connectivity index (χ0n) is 9.27. The third-order valence-electron chi connectivity index (χ3n) is 2.24. The molecule has 0 unspecified atom stereocenters. The molecule has 1 heterocycles. The molecule has 86 valence electrons. The van der Waals surface area contributed by atoms with Crippen LogP contribution in [0.2, 0.25) is 5.15 Å². The van der Waals surface area contributed by atoms with Crippen molar-refractivity contribution in [2.45, 2.75) is 6.92 Å². The second kappa shape index (κ2) is 4.97. The maximum atomic E-state index is 10.7. The van der Waals surface area contributed by atoms with Gasteiger partial charge < -0.3 is 5.32 Å². The molecule has 4 heteroatoms. The molecule has 0 bridgehead atoms. The highest BCUT2D eigenvalue weighted by atomic mass is 35.5. The molecule has 0 amide bonds. The molecule has 0 saturated heterocycles. The molecule has 1 aromatic carbocycles. The maximum absolute atomic E-state index is 10.7. The Morgan fingerprint density at radius 1 is 1.29 bits per heavy atom. The van der Waals surface area contributed by atoms with E-state index in [9.17, 15) is 4.79 Å². The van der Waals surface area contributed by atoms with Gasteiger partial charge in [-0.3, -0.25) is 4.79 Å². The lowest BCUT2D eigenvalue weighted by Gasteiger charge is -2.07. The number of pyridine rings is 1. The Labute approximate surface area is 104 Å². The third kappa shape index (κ3) is 3.04. The zero-order chi connectivity index (χ0) is 12.3. The van der Waals surface area contributed by atoms with Crippen molar-refractivity contribution in [3.8, 4) is 0 Å². The molecule has 2 rings (SSSR count). The standard InChI is InChI=1S/C13H11ClN2O/c1-9-3-2-4-11(5-9)15-13-7-10(8-17)6-12(14)16-13/h2-8H,1H3,(H,15,16). The fraction of sp³-hybridized carbons (Fsp3) is 0.0769. The van der Waals surface area contributed by atoms with E-state index in [0.717, 1.165) is 17.5 Å². The van der Waals surface area contributed by atoms with Crippen LogP contribution in [-0.2, 0) is 0 Å². The molecule has 0 aliphatic rings. The van der Waals surface area contributed by atoms with Gasteiger partial charge in [0, 0.05) is 11.3 Å². The SMILES string of the molecule is Cc1cccc(Nc2cc(C=O)cc(Cl)n2)c1. The van der Waals surface area contributed by atoms with Crippen LogP contribution in [0.1, 0.15) is 15.9 Å². The van der Waals surface area contributed by atoms with Crippen LogP contribution in [-0.4, -0.2) is 11.3 Å². The monoisotopic (exact) mass is 246 g/mol. The van der Waals surface area contributed by atoms with E-state index < -0.39 is 0 Å². The van der Waals surface area contributed by atoms with E-state index in [2.05, 4.69) is 10.3 Å². The van der Waals surface area contributed by atoms with Crippen LogP contribution in [0.3, 0.4) is 0 Å². The van der Waals surface area contributed by atoms with Gasteiger partial charge in [-0.1, -0.05) is 23.7 Å². The lowest BCUT2D eigenvalue weighted by molar-refractivity contribution is 0.112. The number of rotatable bonds is 3. The first-order chi connectivity index (χ1) is 8.17. The van der Waals surface area contributed by atoms with Gasteiger partial charge in [0.05, 0.1) is 0 Å². The smallest absolute Gasteiger partial charge is 0.150 e. The average Bonchev–Trinajstić information content (AvgIpc) is 2.28. The topological polar surface area (TPSA) is 42.0 Å². The zero-order valence-corrected chi connectivity index (χ0v) is 10.0. The molecule has 1 N–H and O–H groups in total. The highest BCUT2D eigenvalue weighted by Crippen LogP contribution is 2.19. The number of nitrogens with one attached hydrogen (secondary N) is 1. The van der Waals surface area contributed by atoms with Gasteiger partial charge in [-0.25, -0.2) is 4.98 Å². The van der Waals surface area contributed by atoms with Crippen molar-refractivity contribution < 1.29 is 4.79 Å². The first-order valence-electron chi connectivity index (χ1n) is 5.14. The van der Waals surface area contributed by atoms with Crippen molar-refractivity contribution in [2.24, 2.45) is 0 Å². The Balaban J connectivity index is 2.29. The van der Waals surface area contributed by atoms with Crippen molar-refractivity contribution in [1.82, 2.24) is 4.98 Å². The predicted octanol–water partition coefficient (Wildman–Crippen LogP) is 3.60. The van der Waals surface area contributed by atoms with Gasteiger partial charge in [-0.2, -0.15) is 0 Å². The largest absolute Gasteiger partial charge is 0.340 e. The Kier molecular flexibility index (Phi) is 3.40. The number of aryl methyl sites for hydroxylation is 1. The van der Waals surface area contributed by atoms with Crippen LogP contribution >= 0.6 is 11.6 Å². The lowest BCUT2D eigenvalue weighted by Crippen LogP contribution is -1.95. The van der Waals surface area contributed by atoms with Gasteiger partial charge in [0.1, 0.15) is 17.3 Å². The van der Waals surface area contributed by atoms with Crippen molar-refractivity contribution in [1.29, 1.82) is 0 Å². The van der Waals surface area contributed by atoms with Crippen LogP contribution < -0.4 is 5.32 Å². The number of halogens is 1. The van der Waals surface area contributed by atoms with Crippen LogP contribution in [0.25, 0.3) is 0 Å². The van der Waals surface area contributed by atoms with E-state index in [1.165, 1.54) is 6.07 Å². The third-order valence-corrected chi connectivity index (χ3v) is 2.44. The van der Waals surface area contributed by atoms with Crippen molar-refractivity contribution in [3.63, 3.8) is 0 Å². The number of nitrogens with zero attached hydrogens (tertiary/aromatic N) is 1. The molecule has 0 spiro atoms. The van der Waals surface area contributed by atoms with Crippen LogP contribution in [0.4, 0.5) is 11.5 Å². The van der Waals surface area contributed by atoms with E-state index in [1.807, 2.05) is 31.2 Å². The molecule has 1 aromatic heterocycles. The molecule has 0 atom stereocenters. The van der Waals surface area contributed by atoms with Gasteiger partial charge >= 0.3 is 0 Å². The van der Waals surface area contributed by atoms with Gasteiger partial charge in [0.2, 0.25) is 0 Å². The number of carbonyl (C=O) groups excluding carboxylic acids is 1. The normalized spacial score (nSPS) is 10.0. The summed E-state index contributed by atoms with van der Waals surface area (Å²) >= 11 is 5.82. The van der Waals surface area contributed by atoms with Crippen molar-refractivity contribution in [3.05, 3.63) is 52.7 Å². The highest BCUT2D eigenvalue weighted by Gasteiger charge is 2.01. The van der Waals surface area contributed by atoms with Crippen molar-refractivity contribution in [2.75, 3.05) is 5.32 Å². The number of aldehydes is 1. The second-order valence-corrected chi connectivity index (χ2v) is 4.11. The first-order valence-corrected chi connectivity index (χ1v) is 5.51. The fourth-order valence-corrected chi connectivity index (χ4v) is 1.74. The van der Waals surface area contributed by atoms with E-state index in [1.54, 1.807) is 6.07 Å². The predicted molar refractivity (Wildman–Crippen MR) is 69.1 cm³/mol. The molecule has 0 aliphatic carbocycles. The molecule has 0 radical (unpaired) electrons. The number of carbonyl (C=O) groups is 1. The average molecular weight is 247 g/mol. The highest BCUT2D eigenvalue weighted by molar-refractivity contribution is 6.29.